The average Bonchev–Trinajstić information content (AvgIpc) is 2.29. The Morgan fingerprint density at radius 3 is 2.56 bits per heavy atom. The normalized spacial score (nSPS) is 9.75. The summed E-state index contributed by atoms with van der Waals surface area (Å²) in [5.41, 5.74) is 0.409. The first-order valence-corrected chi connectivity index (χ1v) is 4.80. The van der Waals surface area contributed by atoms with Crippen molar-refractivity contribution in [1.29, 1.82) is 0 Å². The summed E-state index contributed by atoms with van der Waals surface area (Å²) in [4.78, 5) is 10.7. The molecular formula is C10H13BO5. The number of aldehydes is 1. The van der Waals surface area contributed by atoms with E-state index in [0.29, 0.717) is 24.2 Å². The second-order valence-corrected chi connectivity index (χ2v) is 3.07. The molecule has 0 atom stereocenters. The lowest BCUT2D eigenvalue weighted by Gasteiger charge is -2.14. The first-order chi connectivity index (χ1) is 7.63. The van der Waals surface area contributed by atoms with Crippen LogP contribution in [0, 0.1) is 0 Å². The van der Waals surface area contributed by atoms with Crippen molar-refractivity contribution in [2.24, 2.45) is 0 Å². The van der Waals surface area contributed by atoms with Gasteiger partial charge in [0.1, 0.15) is 6.29 Å². The second kappa shape index (κ2) is 5.53. The van der Waals surface area contributed by atoms with Gasteiger partial charge in [-0.1, -0.05) is 0 Å². The Morgan fingerprint density at radius 1 is 1.44 bits per heavy atom. The van der Waals surface area contributed by atoms with Crippen LogP contribution in [-0.4, -0.2) is 37.2 Å². The number of ether oxygens (including phenoxy) is 2. The zero-order chi connectivity index (χ0) is 12.1. The van der Waals surface area contributed by atoms with Gasteiger partial charge in [-0.3, -0.25) is 4.79 Å². The maximum atomic E-state index is 10.7. The molecule has 1 aromatic rings. The molecule has 0 aliphatic carbocycles. The summed E-state index contributed by atoms with van der Waals surface area (Å²) in [5, 5.41) is 18.4. The molecule has 16 heavy (non-hydrogen) atoms. The maximum absolute atomic E-state index is 10.7. The van der Waals surface area contributed by atoms with Crippen LogP contribution in [0.1, 0.15) is 17.3 Å². The Morgan fingerprint density at radius 2 is 2.12 bits per heavy atom. The van der Waals surface area contributed by atoms with Crippen LogP contribution in [0.15, 0.2) is 12.1 Å². The van der Waals surface area contributed by atoms with Crippen molar-refractivity contribution in [3.05, 3.63) is 17.7 Å². The van der Waals surface area contributed by atoms with Crippen LogP contribution in [0.25, 0.3) is 0 Å². The molecule has 0 saturated carbocycles. The van der Waals surface area contributed by atoms with Crippen LogP contribution in [-0.2, 0) is 0 Å². The molecule has 0 radical (unpaired) electrons. The van der Waals surface area contributed by atoms with Crippen LogP contribution in [0.3, 0.4) is 0 Å². The number of benzene rings is 1. The summed E-state index contributed by atoms with van der Waals surface area (Å²) >= 11 is 0. The molecule has 0 heterocycles. The quantitative estimate of drug-likeness (QED) is 0.525. The van der Waals surface area contributed by atoms with Gasteiger partial charge in [0.15, 0.2) is 11.5 Å². The zero-order valence-corrected chi connectivity index (χ0v) is 9.14. The van der Waals surface area contributed by atoms with Gasteiger partial charge in [0.25, 0.3) is 0 Å². The maximum Gasteiger partial charge on any atom is 0.492 e. The molecule has 86 valence electrons. The highest BCUT2D eigenvalue weighted by Gasteiger charge is 2.22. The van der Waals surface area contributed by atoms with E-state index in [1.807, 2.05) is 0 Å². The van der Waals surface area contributed by atoms with Crippen molar-refractivity contribution in [3.8, 4) is 11.5 Å². The highest BCUT2D eigenvalue weighted by molar-refractivity contribution is 6.60. The fourth-order valence-corrected chi connectivity index (χ4v) is 1.36. The van der Waals surface area contributed by atoms with Crippen molar-refractivity contribution in [2.45, 2.75) is 6.92 Å². The molecule has 6 heteroatoms. The van der Waals surface area contributed by atoms with E-state index < -0.39 is 7.12 Å². The Hall–Kier alpha value is -1.53. The van der Waals surface area contributed by atoms with E-state index in [2.05, 4.69) is 0 Å². The molecule has 1 aromatic carbocycles. The van der Waals surface area contributed by atoms with Crippen molar-refractivity contribution in [3.63, 3.8) is 0 Å². The third kappa shape index (κ3) is 2.53. The van der Waals surface area contributed by atoms with Gasteiger partial charge < -0.3 is 19.5 Å². The van der Waals surface area contributed by atoms with Gasteiger partial charge in [-0.05, 0) is 19.1 Å². The van der Waals surface area contributed by atoms with Gasteiger partial charge >= 0.3 is 7.12 Å². The molecule has 0 unspecified atom stereocenters. The summed E-state index contributed by atoms with van der Waals surface area (Å²) in [6, 6.07) is 2.83. The lowest BCUT2D eigenvalue weighted by atomic mass is 9.78. The number of carbonyl (C=O) groups is 1. The van der Waals surface area contributed by atoms with Gasteiger partial charge in [0.05, 0.1) is 13.7 Å². The van der Waals surface area contributed by atoms with E-state index in [1.54, 1.807) is 6.92 Å². The molecular weight excluding hydrogens is 211 g/mol. The minimum Gasteiger partial charge on any atom is -0.493 e. The fourth-order valence-electron chi connectivity index (χ4n) is 1.36. The number of rotatable bonds is 5. The van der Waals surface area contributed by atoms with Gasteiger partial charge in [0.2, 0.25) is 0 Å². The Labute approximate surface area is 93.8 Å². The monoisotopic (exact) mass is 224 g/mol. The van der Waals surface area contributed by atoms with Crippen molar-refractivity contribution in [1.82, 2.24) is 0 Å². The third-order valence-corrected chi connectivity index (χ3v) is 2.03. The third-order valence-electron chi connectivity index (χ3n) is 2.03. The van der Waals surface area contributed by atoms with Crippen LogP contribution in [0.4, 0.5) is 0 Å². The summed E-state index contributed by atoms with van der Waals surface area (Å²) in [7, 11) is -0.296. The molecule has 0 spiro atoms. The Bertz CT molecular complexity index is 378. The van der Waals surface area contributed by atoms with Crippen LogP contribution >= 0.6 is 0 Å². The molecule has 0 fully saturated rings. The number of methoxy groups -OCH3 is 1. The minimum atomic E-state index is -1.71. The SMILES string of the molecule is CCOc1c(OC)cc(C=O)cc1B(O)O. The molecule has 0 aliphatic rings. The van der Waals surface area contributed by atoms with Gasteiger partial charge in [-0.15, -0.1) is 0 Å². The molecule has 0 aliphatic heterocycles. The minimum absolute atomic E-state index is 0.114. The lowest BCUT2D eigenvalue weighted by Crippen LogP contribution is -2.32. The topological polar surface area (TPSA) is 76.0 Å². The molecule has 0 amide bonds. The smallest absolute Gasteiger partial charge is 0.492 e. The number of hydrogen-bond acceptors (Lipinski definition) is 5. The van der Waals surface area contributed by atoms with E-state index >= 15 is 0 Å². The molecule has 1 rings (SSSR count). The van der Waals surface area contributed by atoms with Crippen LogP contribution in [0.5, 0.6) is 11.5 Å². The van der Waals surface area contributed by atoms with Gasteiger partial charge in [-0.2, -0.15) is 0 Å². The Kier molecular flexibility index (Phi) is 4.33. The second-order valence-electron chi connectivity index (χ2n) is 3.07. The van der Waals surface area contributed by atoms with E-state index in [4.69, 9.17) is 9.47 Å². The van der Waals surface area contributed by atoms with Crippen molar-refractivity contribution in [2.75, 3.05) is 13.7 Å². The van der Waals surface area contributed by atoms with E-state index in [9.17, 15) is 14.8 Å². The van der Waals surface area contributed by atoms with Gasteiger partial charge in [-0.25, -0.2) is 0 Å². The van der Waals surface area contributed by atoms with Gasteiger partial charge in [0, 0.05) is 11.0 Å². The van der Waals surface area contributed by atoms with Crippen molar-refractivity contribution >= 4 is 18.9 Å². The summed E-state index contributed by atoms with van der Waals surface area (Å²) < 4.78 is 10.3. The Balaban J connectivity index is 3.34. The molecule has 0 aromatic heterocycles. The predicted molar refractivity (Wildman–Crippen MR) is 59.4 cm³/mol. The largest absolute Gasteiger partial charge is 0.493 e. The lowest BCUT2D eigenvalue weighted by molar-refractivity contribution is 0.112. The summed E-state index contributed by atoms with van der Waals surface area (Å²) in [6.07, 6.45) is 0.601. The molecule has 5 nitrogen and oxygen atoms in total. The zero-order valence-electron chi connectivity index (χ0n) is 9.14. The summed E-state index contributed by atoms with van der Waals surface area (Å²) in [5.74, 6) is 0.542. The molecule has 0 saturated heterocycles. The van der Waals surface area contributed by atoms with Crippen LogP contribution in [0.2, 0.25) is 0 Å². The molecule has 2 N–H and O–H groups in total. The predicted octanol–water partition coefficient (Wildman–Crippen LogP) is -0.414. The van der Waals surface area contributed by atoms with Crippen molar-refractivity contribution < 1.29 is 24.3 Å². The first-order valence-electron chi connectivity index (χ1n) is 4.80. The first kappa shape index (κ1) is 12.5. The van der Waals surface area contributed by atoms with E-state index in [0.717, 1.165) is 0 Å². The van der Waals surface area contributed by atoms with E-state index in [1.165, 1.54) is 19.2 Å². The highest BCUT2D eigenvalue weighted by atomic mass is 16.5. The number of hydrogen-bond donors (Lipinski definition) is 2. The fraction of sp³-hybridized carbons (Fsp3) is 0.300. The number of carbonyl (C=O) groups excluding carboxylic acids is 1. The highest BCUT2D eigenvalue weighted by Crippen LogP contribution is 2.26. The average molecular weight is 224 g/mol. The molecule has 0 bridgehead atoms. The standard InChI is InChI=1S/C10H13BO5/c1-3-16-10-8(11(13)14)4-7(6-12)5-9(10)15-2/h4-6,13-14H,3H2,1-2H3. The summed E-state index contributed by atoms with van der Waals surface area (Å²) in [6.45, 7) is 2.12. The van der Waals surface area contributed by atoms with Crippen LogP contribution < -0.4 is 14.9 Å². The van der Waals surface area contributed by atoms with E-state index in [-0.39, 0.29) is 11.2 Å².